The van der Waals surface area contributed by atoms with Gasteiger partial charge < -0.3 is 20.3 Å². The molecule has 0 bridgehead atoms. The van der Waals surface area contributed by atoms with E-state index in [1.165, 1.54) is 0 Å². The zero-order valence-electron chi connectivity index (χ0n) is 11.0. The lowest BCUT2D eigenvalue weighted by molar-refractivity contribution is 0.344. The quantitative estimate of drug-likeness (QED) is 0.861. The molecule has 100 valence electrons. The average Bonchev–Trinajstić information content (AvgIpc) is 2.88. The van der Waals surface area contributed by atoms with Crippen molar-refractivity contribution in [2.75, 3.05) is 20.8 Å². The van der Waals surface area contributed by atoms with Crippen molar-refractivity contribution in [3.05, 3.63) is 17.7 Å². The van der Waals surface area contributed by atoms with Crippen molar-refractivity contribution in [1.29, 1.82) is 0 Å². The van der Waals surface area contributed by atoms with Crippen LogP contribution in [0.15, 0.2) is 12.1 Å². The largest absolute Gasteiger partial charge is 0.508 e. The van der Waals surface area contributed by atoms with E-state index in [0.717, 1.165) is 31.2 Å². The molecule has 0 radical (unpaired) electrons. The van der Waals surface area contributed by atoms with Crippen LogP contribution in [0.1, 0.15) is 31.2 Å². The second kappa shape index (κ2) is 5.06. The van der Waals surface area contributed by atoms with E-state index in [2.05, 4.69) is 0 Å². The average molecular weight is 251 g/mol. The maximum absolute atomic E-state index is 10.2. The van der Waals surface area contributed by atoms with Crippen molar-refractivity contribution in [1.82, 2.24) is 0 Å². The summed E-state index contributed by atoms with van der Waals surface area (Å²) < 4.78 is 10.5. The lowest BCUT2D eigenvalue weighted by Crippen LogP contribution is -2.32. The van der Waals surface area contributed by atoms with Crippen molar-refractivity contribution >= 4 is 0 Å². The van der Waals surface area contributed by atoms with Gasteiger partial charge >= 0.3 is 0 Å². The molecule has 4 heteroatoms. The fraction of sp³-hybridized carbons (Fsp3) is 0.571. The maximum atomic E-state index is 10.2. The van der Waals surface area contributed by atoms with E-state index in [-0.39, 0.29) is 11.2 Å². The first-order chi connectivity index (χ1) is 8.66. The minimum absolute atomic E-state index is 0.108. The first-order valence-electron chi connectivity index (χ1n) is 6.32. The summed E-state index contributed by atoms with van der Waals surface area (Å²) in [7, 11) is 3.16. The number of aromatic hydroxyl groups is 1. The predicted octanol–water partition coefficient (Wildman–Crippen LogP) is 2.18. The minimum Gasteiger partial charge on any atom is -0.508 e. The van der Waals surface area contributed by atoms with Gasteiger partial charge in [0.1, 0.15) is 5.75 Å². The highest BCUT2D eigenvalue weighted by atomic mass is 16.5. The Morgan fingerprint density at radius 3 is 2.22 bits per heavy atom. The van der Waals surface area contributed by atoms with E-state index in [9.17, 15) is 5.11 Å². The Bertz CT molecular complexity index is 425. The van der Waals surface area contributed by atoms with Crippen LogP contribution in [-0.4, -0.2) is 25.9 Å². The highest BCUT2D eigenvalue weighted by molar-refractivity contribution is 5.53. The standard InChI is InChI=1S/C14H21NO3/c1-17-12-7-10(11(16)8-13(12)18-2)14(9-15)5-3-4-6-14/h7-8,16H,3-6,9,15H2,1-2H3. The molecular formula is C14H21NO3. The number of benzene rings is 1. The van der Waals surface area contributed by atoms with Crippen molar-refractivity contribution < 1.29 is 14.6 Å². The van der Waals surface area contributed by atoms with E-state index in [4.69, 9.17) is 15.2 Å². The molecule has 3 N–H and O–H groups in total. The van der Waals surface area contributed by atoms with Gasteiger partial charge in [-0.1, -0.05) is 12.8 Å². The zero-order valence-corrected chi connectivity index (χ0v) is 11.0. The van der Waals surface area contributed by atoms with Crippen molar-refractivity contribution in [2.24, 2.45) is 5.73 Å². The van der Waals surface area contributed by atoms with Crippen LogP contribution >= 0.6 is 0 Å². The Hall–Kier alpha value is -1.42. The van der Waals surface area contributed by atoms with Crippen LogP contribution in [0.5, 0.6) is 17.2 Å². The van der Waals surface area contributed by atoms with Gasteiger partial charge in [-0.15, -0.1) is 0 Å². The molecule has 4 nitrogen and oxygen atoms in total. The molecule has 0 heterocycles. The number of rotatable bonds is 4. The molecule has 1 aliphatic rings. The number of phenols is 1. The molecule has 0 spiro atoms. The first kappa shape index (κ1) is 13.0. The van der Waals surface area contributed by atoms with E-state index >= 15 is 0 Å². The highest BCUT2D eigenvalue weighted by Crippen LogP contribution is 2.47. The molecule has 1 aliphatic carbocycles. The van der Waals surface area contributed by atoms with Crippen LogP contribution in [0.2, 0.25) is 0 Å². The normalized spacial score (nSPS) is 17.7. The molecule has 1 saturated carbocycles. The van der Waals surface area contributed by atoms with Gasteiger partial charge in [-0.05, 0) is 18.9 Å². The van der Waals surface area contributed by atoms with Crippen LogP contribution < -0.4 is 15.2 Å². The smallest absolute Gasteiger partial charge is 0.164 e. The summed E-state index contributed by atoms with van der Waals surface area (Å²) in [6.45, 7) is 0.552. The van der Waals surface area contributed by atoms with E-state index in [1.54, 1.807) is 20.3 Å². The van der Waals surface area contributed by atoms with Gasteiger partial charge in [0.15, 0.2) is 11.5 Å². The number of ether oxygens (including phenoxy) is 2. The molecule has 1 aromatic carbocycles. The summed E-state index contributed by atoms with van der Waals surface area (Å²) in [4.78, 5) is 0. The summed E-state index contributed by atoms with van der Waals surface area (Å²) in [6, 6.07) is 3.48. The van der Waals surface area contributed by atoms with Crippen LogP contribution in [-0.2, 0) is 5.41 Å². The fourth-order valence-corrected chi connectivity index (χ4v) is 2.93. The van der Waals surface area contributed by atoms with Crippen LogP contribution in [0.4, 0.5) is 0 Å². The van der Waals surface area contributed by atoms with E-state index in [1.807, 2.05) is 6.07 Å². The molecule has 2 rings (SSSR count). The number of hydrogen-bond acceptors (Lipinski definition) is 4. The van der Waals surface area contributed by atoms with Gasteiger partial charge in [-0.25, -0.2) is 0 Å². The Morgan fingerprint density at radius 2 is 1.72 bits per heavy atom. The zero-order chi connectivity index (χ0) is 13.2. The monoisotopic (exact) mass is 251 g/mol. The van der Waals surface area contributed by atoms with E-state index < -0.39 is 0 Å². The Balaban J connectivity index is 2.50. The predicted molar refractivity (Wildman–Crippen MR) is 70.4 cm³/mol. The number of phenolic OH excluding ortho intramolecular Hbond substituents is 1. The van der Waals surface area contributed by atoms with E-state index in [0.29, 0.717) is 18.0 Å². The Morgan fingerprint density at radius 1 is 1.17 bits per heavy atom. The number of nitrogens with two attached hydrogens (primary N) is 1. The second-order valence-corrected chi connectivity index (χ2v) is 4.92. The molecule has 0 atom stereocenters. The van der Waals surface area contributed by atoms with Gasteiger partial charge in [-0.3, -0.25) is 0 Å². The van der Waals surface area contributed by atoms with Gasteiger partial charge in [0.25, 0.3) is 0 Å². The van der Waals surface area contributed by atoms with Gasteiger partial charge in [0.2, 0.25) is 0 Å². The summed E-state index contributed by atoms with van der Waals surface area (Å²) in [5.74, 6) is 1.44. The summed E-state index contributed by atoms with van der Waals surface area (Å²) in [5.41, 5.74) is 6.73. The summed E-state index contributed by atoms with van der Waals surface area (Å²) in [6.07, 6.45) is 4.36. The van der Waals surface area contributed by atoms with Crippen molar-refractivity contribution in [3.63, 3.8) is 0 Å². The second-order valence-electron chi connectivity index (χ2n) is 4.92. The lowest BCUT2D eigenvalue weighted by Gasteiger charge is -2.29. The molecule has 1 fully saturated rings. The van der Waals surface area contributed by atoms with Crippen LogP contribution in [0.3, 0.4) is 0 Å². The van der Waals surface area contributed by atoms with Crippen molar-refractivity contribution in [2.45, 2.75) is 31.1 Å². The maximum Gasteiger partial charge on any atom is 0.164 e. The number of hydrogen-bond donors (Lipinski definition) is 2. The first-order valence-corrected chi connectivity index (χ1v) is 6.32. The third-order valence-electron chi connectivity index (χ3n) is 4.02. The highest BCUT2D eigenvalue weighted by Gasteiger charge is 2.37. The molecule has 0 saturated heterocycles. The fourth-order valence-electron chi connectivity index (χ4n) is 2.93. The topological polar surface area (TPSA) is 64.7 Å². The van der Waals surface area contributed by atoms with Crippen LogP contribution in [0, 0.1) is 0 Å². The molecule has 0 amide bonds. The Kier molecular flexibility index (Phi) is 3.66. The lowest BCUT2D eigenvalue weighted by atomic mass is 9.78. The van der Waals surface area contributed by atoms with Gasteiger partial charge in [0, 0.05) is 23.6 Å². The summed E-state index contributed by atoms with van der Waals surface area (Å²) >= 11 is 0. The van der Waals surface area contributed by atoms with Gasteiger partial charge in [-0.2, -0.15) is 0 Å². The van der Waals surface area contributed by atoms with Crippen LogP contribution in [0.25, 0.3) is 0 Å². The SMILES string of the molecule is COc1cc(O)c(C2(CN)CCCC2)cc1OC. The molecule has 1 aromatic rings. The third kappa shape index (κ3) is 2.01. The minimum atomic E-state index is -0.108. The molecular weight excluding hydrogens is 230 g/mol. The molecule has 18 heavy (non-hydrogen) atoms. The Labute approximate surface area is 108 Å². The number of methoxy groups -OCH3 is 2. The van der Waals surface area contributed by atoms with Gasteiger partial charge in [0.05, 0.1) is 14.2 Å². The molecule has 0 aliphatic heterocycles. The van der Waals surface area contributed by atoms with Crippen molar-refractivity contribution in [3.8, 4) is 17.2 Å². The third-order valence-corrected chi connectivity index (χ3v) is 4.02. The molecule has 0 aromatic heterocycles. The summed E-state index contributed by atoms with van der Waals surface area (Å²) in [5, 5.41) is 10.2. The molecule has 0 unspecified atom stereocenters.